The lowest BCUT2D eigenvalue weighted by Crippen LogP contribution is -2.13. The van der Waals surface area contributed by atoms with Crippen LogP contribution < -0.4 is 9.88 Å². The van der Waals surface area contributed by atoms with Crippen LogP contribution in [0.2, 0.25) is 0 Å². The maximum Gasteiger partial charge on any atom is 0.238 e. The standard InChI is InChI=1S/C16H14N2O4S/c1-21-12-8-6-11(7-9-12)15-16(22-10-18-15)13-4-2-3-5-14(13)23(17,19)20/h2-10H,1H3,(H2,17,19,20). The molecule has 0 unspecified atom stereocenters. The van der Waals surface area contributed by atoms with Crippen molar-refractivity contribution in [2.24, 2.45) is 5.14 Å². The Morgan fingerprint density at radius 2 is 1.78 bits per heavy atom. The Balaban J connectivity index is 2.15. The molecule has 0 aliphatic carbocycles. The average molecular weight is 330 g/mol. The third-order valence-corrected chi connectivity index (χ3v) is 4.34. The van der Waals surface area contributed by atoms with Crippen LogP contribution in [0.4, 0.5) is 0 Å². The average Bonchev–Trinajstić information content (AvgIpc) is 3.03. The first-order valence-electron chi connectivity index (χ1n) is 6.71. The van der Waals surface area contributed by atoms with Crippen molar-refractivity contribution < 1.29 is 17.6 Å². The summed E-state index contributed by atoms with van der Waals surface area (Å²) in [7, 11) is -2.29. The second-order valence-corrected chi connectivity index (χ2v) is 6.33. The molecule has 0 saturated carbocycles. The molecule has 1 heterocycles. The van der Waals surface area contributed by atoms with Gasteiger partial charge in [0.05, 0.1) is 12.0 Å². The second kappa shape index (κ2) is 5.86. The first kappa shape index (κ1) is 15.3. The number of hydrogen-bond acceptors (Lipinski definition) is 5. The van der Waals surface area contributed by atoms with E-state index in [2.05, 4.69) is 4.98 Å². The molecule has 2 aromatic carbocycles. The number of oxazole rings is 1. The van der Waals surface area contributed by atoms with Gasteiger partial charge in [-0.15, -0.1) is 0 Å². The highest BCUT2D eigenvalue weighted by Crippen LogP contribution is 2.34. The highest BCUT2D eigenvalue weighted by molar-refractivity contribution is 7.89. The van der Waals surface area contributed by atoms with E-state index < -0.39 is 10.0 Å². The SMILES string of the molecule is COc1ccc(-c2ncoc2-c2ccccc2S(N)(=O)=O)cc1. The van der Waals surface area contributed by atoms with Crippen LogP contribution >= 0.6 is 0 Å². The summed E-state index contributed by atoms with van der Waals surface area (Å²) in [5, 5.41) is 5.28. The van der Waals surface area contributed by atoms with E-state index >= 15 is 0 Å². The summed E-state index contributed by atoms with van der Waals surface area (Å²) in [6.45, 7) is 0. The van der Waals surface area contributed by atoms with Crippen molar-refractivity contribution in [3.8, 4) is 28.3 Å². The molecule has 3 aromatic rings. The number of benzene rings is 2. The predicted octanol–water partition coefficient (Wildman–Crippen LogP) is 2.66. The Hall–Kier alpha value is -2.64. The van der Waals surface area contributed by atoms with Crippen molar-refractivity contribution in [3.63, 3.8) is 0 Å². The molecule has 23 heavy (non-hydrogen) atoms. The molecule has 6 nitrogen and oxygen atoms in total. The molecule has 0 aliphatic rings. The molecule has 0 fully saturated rings. The minimum Gasteiger partial charge on any atom is -0.497 e. The first-order valence-corrected chi connectivity index (χ1v) is 8.25. The molecule has 0 saturated heterocycles. The molecule has 0 atom stereocenters. The Labute approximate surface area is 133 Å². The molecule has 0 amide bonds. The van der Waals surface area contributed by atoms with Gasteiger partial charge >= 0.3 is 0 Å². The third kappa shape index (κ3) is 2.96. The molecule has 0 spiro atoms. The van der Waals surface area contributed by atoms with Crippen molar-refractivity contribution in [2.75, 3.05) is 7.11 Å². The Morgan fingerprint density at radius 3 is 2.43 bits per heavy atom. The van der Waals surface area contributed by atoms with Gasteiger partial charge < -0.3 is 9.15 Å². The Kier molecular flexibility index (Phi) is 3.89. The summed E-state index contributed by atoms with van der Waals surface area (Å²) in [5.41, 5.74) is 1.68. The van der Waals surface area contributed by atoms with Gasteiger partial charge in [-0.05, 0) is 36.4 Å². The summed E-state index contributed by atoms with van der Waals surface area (Å²) in [6, 6.07) is 13.6. The Morgan fingerprint density at radius 1 is 1.09 bits per heavy atom. The number of methoxy groups -OCH3 is 1. The minimum atomic E-state index is -3.88. The zero-order valence-corrected chi connectivity index (χ0v) is 13.1. The van der Waals surface area contributed by atoms with Gasteiger partial charge in [0.25, 0.3) is 0 Å². The number of hydrogen-bond donors (Lipinski definition) is 1. The molecule has 0 bridgehead atoms. The quantitative estimate of drug-likeness (QED) is 0.793. The number of primary sulfonamides is 1. The van der Waals surface area contributed by atoms with Crippen molar-refractivity contribution in [2.45, 2.75) is 4.90 Å². The smallest absolute Gasteiger partial charge is 0.238 e. The molecule has 2 N–H and O–H groups in total. The largest absolute Gasteiger partial charge is 0.497 e. The van der Waals surface area contributed by atoms with E-state index in [4.69, 9.17) is 14.3 Å². The van der Waals surface area contributed by atoms with Crippen molar-refractivity contribution in [1.82, 2.24) is 4.98 Å². The van der Waals surface area contributed by atoms with Crippen LogP contribution in [-0.4, -0.2) is 20.5 Å². The van der Waals surface area contributed by atoms with Gasteiger partial charge in [0.1, 0.15) is 11.4 Å². The molecule has 118 valence electrons. The van der Waals surface area contributed by atoms with E-state index in [-0.39, 0.29) is 4.90 Å². The predicted molar refractivity (Wildman–Crippen MR) is 85.3 cm³/mol. The van der Waals surface area contributed by atoms with E-state index in [1.54, 1.807) is 37.4 Å². The van der Waals surface area contributed by atoms with Crippen molar-refractivity contribution in [1.29, 1.82) is 0 Å². The molecule has 0 radical (unpaired) electrons. The fourth-order valence-corrected chi connectivity index (χ4v) is 3.03. The van der Waals surface area contributed by atoms with Gasteiger partial charge in [0.15, 0.2) is 12.2 Å². The van der Waals surface area contributed by atoms with E-state index in [1.165, 1.54) is 12.5 Å². The maximum atomic E-state index is 11.8. The summed E-state index contributed by atoms with van der Waals surface area (Å²) < 4.78 is 34.1. The van der Waals surface area contributed by atoms with Crippen LogP contribution in [0.25, 0.3) is 22.6 Å². The minimum absolute atomic E-state index is 0.00786. The summed E-state index contributed by atoms with van der Waals surface area (Å²) in [6.07, 6.45) is 1.27. The van der Waals surface area contributed by atoms with Gasteiger partial charge in [-0.3, -0.25) is 0 Å². The van der Waals surface area contributed by atoms with Crippen molar-refractivity contribution in [3.05, 3.63) is 54.9 Å². The van der Waals surface area contributed by atoms with Crippen LogP contribution in [0.1, 0.15) is 0 Å². The molecule has 7 heteroatoms. The number of sulfonamides is 1. The summed E-state index contributed by atoms with van der Waals surface area (Å²) >= 11 is 0. The highest BCUT2D eigenvalue weighted by atomic mass is 32.2. The van der Waals surface area contributed by atoms with Gasteiger partial charge in [0.2, 0.25) is 10.0 Å². The monoisotopic (exact) mass is 330 g/mol. The van der Waals surface area contributed by atoms with Gasteiger partial charge in [0, 0.05) is 11.1 Å². The topological polar surface area (TPSA) is 95.4 Å². The summed E-state index contributed by atoms with van der Waals surface area (Å²) in [4.78, 5) is 4.19. The third-order valence-electron chi connectivity index (χ3n) is 3.37. The molecule has 3 rings (SSSR count). The van der Waals surface area contributed by atoms with E-state index in [1.807, 2.05) is 12.1 Å². The second-order valence-electron chi connectivity index (χ2n) is 4.80. The normalized spacial score (nSPS) is 11.4. The number of nitrogens with zero attached hydrogens (tertiary/aromatic N) is 1. The van der Waals surface area contributed by atoms with E-state index in [0.29, 0.717) is 22.8 Å². The lowest BCUT2D eigenvalue weighted by molar-refractivity contribution is 0.415. The van der Waals surface area contributed by atoms with Crippen LogP contribution in [0.3, 0.4) is 0 Å². The van der Waals surface area contributed by atoms with Crippen LogP contribution in [0.15, 0.2) is 64.2 Å². The van der Waals surface area contributed by atoms with Crippen LogP contribution in [0.5, 0.6) is 5.75 Å². The van der Waals surface area contributed by atoms with E-state index in [9.17, 15) is 8.42 Å². The lowest BCUT2D eigenvalue weighted by Gasteiger charge is -2.07. The highest BCUT2D eigenvalue weighted by Gasteiger charge is 2.20. The fourth-order valence-electron chi connectivity index (χ4n) is 2.29. The molecule has 1 aromatic heterocycles. The number of ether oxygens (including phenoxy) is 1. The van der Waals surface area contributed by atoms with Gasteiger partial charge in [-0.1, -0.05) is 12.1 Å². The van der Waals surface area contributed by atoms with E-state index in [0.717, 1.165) is 5.56 Å². The Bertz CT molecular complexity index is 931. The van der Waals surface area contributed by atoms with Crippen molar-refractivity contribution >= 4 is 10.0 Å². The zero-order valence-electron chi connectivity index (χ0n) is 12.3. The van der Waals surface area contributed by atoms with Gasteiger partial charge in [-0.25, -0.2) is 18.5 Å². The van der Waals surface area contributed by atoms with Gasteiger partial charge in [-0.2, -0.15) is 0 Å². The lowest BCUT2D eigenvalue weighted by atomic mass is 10.1. The number of rotatable bonds is 4. The number of nitrogens with two attached hydrogens (primary N) is 1. The van der Waals surface area contributed by atoms with Crippen LogP contribution in [-0.2, 0) is 10.0 Å². The van der Waals surface area contributed by atoms with Crippen LogP contribution in [0, 0.1) is 0 Å². The summed E-state index contributed by atoms with van der Waals surface area (Å²) in [5.74, 6) is 1.06. The maximum absolute atomic E-state index is 11.8. The zero-order chi connectivity index (χ0) is 16.4. The fraction of sp³-hybridized carbons (Fsp3) is 0.0625. The molecular formula is C16H14N2O4S. The molecule has 0 aliphatic heterocycles. The molecular weight excluding hydrogens is 316 g/mol. The number of aromatic nitrogens is 1. The first-order chi connectivity index (χ1) is 11.0.